The summed E-state index contributed by atoms with van der Waals surface area (Å²) in [4.78, 5) is 23.5. The van der Waals surface area contributed by atoms with Crippen LogP contribution in [-0.4, -0.2) is 68.1 Å². The van der Waals surface area contributed by atoms with E-state index in [0.29, 0.717) is 35.2 Å². The van der Waals surface area contributed by atoms with Crippen LogP contribution in [0.2, 0.25) is 0 Å². The molecule has 1 unspecified atom stereocenters. The van der Waals surface area contributed by atoms with E-state index in [2.05, 4.69) is 34.9 Å². The van der Waals surface area contributed by atoms with Gasteiger partial charge in [-0.15, -0.1) is 5.10 Å². The van der Waals surface area contributed by atoms with Crippen LogP contribution in [-0.2, 0) is 0 Å². The first-order valence-electron chi connectivity index (χ1n) is 10.1. The van der Waals surface area contributed by atoms with Gasteiger partial charge in [0.05, 0.1) is 37.9 Å². The Hall–Kier alpha value is -4.53. The number of hydrogen-bond acceptors (Lipinski definition) is 11. The maximum absolute atomic E-state index is 8.91. The molecule has 1 atom stereocenters. The van der Waals surface area contributed by atoms with Crippen LogP contribution in [0.1, 0.15) is 12.0 Å². The SMILES string of the molecule is COc1ncc(-n2cc3c(N4CCC(Oc5ccc(C#N)cn5)C4)ncnc3n2)c(OC)n1. The fourth-order valence-corrected chi connectivity index (χ4v) is 3.66. The molecule has 4 aromatic heterocycles. The quantitative estimate of drug-likeness (QED) is 0.427. The Labute approximate surface area is 188 Å². The summed E-state index contributed by atoms with van der Waals surface area (Å²) in [7, 11) is 3.01. The number of nitriles is 1. The van der Waals surface area contributed by atoms with Crippen LogP contribution in [0.5, 0.6) is 17.8 Å². The first-order valence-corrected chi connectivity index (χ1v) is 10.1. The number of anilines is 1. The monoisotopic (exact) mass is 445 g/mol. The summed E-state index contributed by atoms with van der Waals surface area (Å²) in [5, 5.41) is 14.2. The molecule has 0 aliphatic carbocycles. The molecule has 166 valence electrons. The van der Waals surface area contributed by atoms with Gasteiger partial charge in [-0.1, -0.05) is 0 Å². The molecule has 1 aliphatic heterocycles. The first kappa shape index (κ1) is 20.4. The molecule has 0 amide bonds. The van der Waals surface area contributed by atoms with Crippen molar-refractivity contribution in [1.29, 1.82) is 5.26 Å². The van der Waals surface area contributed by atoms with E-state index in [4.69, 9.17) is 19.5 Å². The van der Waals surface area contributed by atoms with Crippen LogP contribution in [0, 0.1) is 11.3 Å². The zero-order chi connectivity index (χ0) is 22.8. The van der Waals surface area contributed by atoms with Crippen molar-refractivity contribution in [1.82, 2.24) is 34.7 Å². The van der Waals surface area contributed by atoms with Gasteiger partial charge in [0.2, 0.25) is 11.8 Å². The van der Waals surface area contributed by atoms with Crippen LogP contribution in [0.25, 0.3) is 16.7 Å². The highest BCUT2D eigenvalue weighted by Gasteiger charge is 2.27. The Morgan fingerprint density at radius 3 is 2.76 bits per heavy atom. The predicted octanol–water partition coefficient (Wildman–Crippen LogP) is 1.55. The minimum absolute atomic E-state index is 0.0550. The molecule has 0 spiro atoms. The van der Waals surface area contributed by atoms with E-state index >= 15 is 0 Å². The van der Waals surface area contributed by atoms with Crippen LogP contribution in [0.15, 0.2) is 37.1 Å². The molecule has 4 aromatic rings. The molecule has 0 saturated carbocycles. The molecule has 0 aromatic carbocycles. The highest BCUT2D eigenvalue weighted by atomic mass is 16.5. The lowest BCUT2D eigenvalue weighted by Gasteiger charge is -2.18. The largest absolute Gasteiger partial charge is 0.479 e. The average molecular weight is 445 g/mol. The summed E-state index contributed by atoms with van der Waals surface area (Å²) in [6, 6.07) is 5.65. The summed E-state index contributed by atoms with van der Waals surface area (Å²) < 4.78 is 18.1. The summed E-state index contributed by atoms with van der Waals surface area (Å²) >= 11 is 0. The molecule has 5 rings (SSSR count). The Morgan fingerprint density at radius 1 is 1.09 bits per heavy atom. The Bertz CT molecular complexity index is 1330. The van der Waals surface area contributed by atoms with Gasteiger partial charge in [-0.25, -0.2) is 24.6 Å². The van der Waals surface area contributed by atoms with Gasteiger partial charge in [-0.2, -0.15) is 10.2 Å². The van der Waals surface area contributed by atoms with Gasteiger partial charge >= 0.3 is 6.01 Å². The van der Waals surface area contributed by atoms with Crippen LogP contribution >= 0.6 is 0 Å². The number of hydrogen-bond donors (Lipinski definition) is 0. The van der Waals surface area contributed by atoms with Gasteiger partial charge in [0.25, 0.3) is 0 Å². The smallest absolute Gasteiger partial charge is 0.319 e. The molecular formula is C21H19N9O3. The van der Waals surface area contributed by atoms with E-state index in [0.717, 1.165) is 24.2 Å². The lowest BCUT2D eigenvalue weighted by atomic mass is 10.3. The van der Waals surface area contributed by atoms with E-state index in [1.807, 2.05) is 12.3 Å². The zero-order valence-corrected chi connectivity index (χ0v) is 17.9. The average Bonchev–Trinajstić information content (AvgIpc) is 3.51. The third-order valence-corrected chi connectivity index (χ3v) is 5.23. The van der Waals surface area contributed by atoms with Gasteiger partial charge in [0.1, 0.15) is 30.0 Å². The minimum atomic E-state index is -0.0550. The standard InChI is InChI=1S/C21H19N9O3/c1-31-20-16(9-24-21(27-20)32-2)30-11-15-18(28-30)25-12-26-19(15)29-6-5-14(10-29)33-17-4-3-13(7-22)8-23-17/h3-4,8-9,11-12,14H,5-6,10H2,1-2H3. The molecule has 0 radical (unpaired) electrons. The van der Waals surface area contributed by atoms with Gasteiger partial charge in [-0.3, -0.25) is 0 Å². The van der Waals surface area contributed by atoms with Crippen molar-refractivity contribution in [3.8, 4) is 29.5 Å². The van der Waals surface area contributed by atoms with Crippen molar-refractivity contribution in [2.75, 3.05) is 32.2 Å². The van der Waals surface area contributed by atoms with Crippen LogP contribution in [0.3, 0.4) is 0 Å². The topological polar surface area (TPSA) is 137 Å². The Morgan fingerprint density at radius 2 is 2.00 bits per heavy atom. The highest BCUT2D eigenvalue weighted by molar-refractivity contribution is 5.87. The highest BCUT2D eigenvalue weighted by Crippen LogP contribution is 2.29. The third-order valence-electron chi connectivity index (χ3n) is 5.23. The summed E-state index contributed by atoms with van der Waals surface area (Å²) in [5.41, 5.74) is 1.59. The van der Waals surface area contributed by atoms with E-state index in [1.165, 1.54) is 26.7 Å². The number of rotatable bonds is 6. The molecular weight excluding hydrogens is 426 g/mol. The van der Waals surface area contributed by atoms with E-state index in [-0.39, 0.29) is 12.1 Å². The Kier molecular flexibility index (Phi) is 5.27. The molecule has 1 fully saturated rings. The Balaban J connectivity index is 1.39. The van der Waals surface area contributed by atoms with Crippen molar-refractivity contribution in [3.63, 3.8) is 0 Å². The lowest BCUT2D eigenvalue weighted by molar-refractivity contribution is 0.216. The number of aromatic nitrogens is 7. The van der Waals surface area contributed by atoms with E-state index < -0.39 is 0 Å². The predicted molar refractivity (Wildman–Crippen MR) is 116 cm³/mol. The molecule has 12 heteroatoms. The maximum Gasteiger partial charge on any atom is 0.319 e. The number of nitrogens with zero attached hydrogens (tertiary/aromatic N) is 9. The molecule has 1 aliphatic rings. The van der Waals surface area contributed by atoms with E-state index in [1.54, 1.807) is 23.0 Å². The minimum Gasteiger partial charge on any atom is -0.479 e. The van der Waals surface area contributed by atoms with Gasteiger partial charge in [0, 0.05) is 31.4 Å². The lowest BCUT2D eigenvalue weighted by Crippen LogP contribution is -2.25. The molecule has 0 N–H and O–H groups in total. The second-order valence-corrected chi connectivity index (χ2v) is 7.23. The van der Waals surface area contributed by atoms with Crippen molar-refractivity contribution < 1.29 is 14.2 Å². The van der Waals surface area contributed by atoms with E-state index in [9.17, 15) is 0 Å². The number of pyridine rings is 1. The van der Waals surface area contributed by atoms with Crippen LogP contribution in [0.4, 0.5) is 5.82 Å². The number of fused-ring (bicyclic) bond motifs is 1. The first-order chi connectivity index (χ1) is 16.2. The fraction of sp³-hybridized carbons (Fsp3) is 0.286. The number of methoxy groups -OCH3 is 2. The molecule has 0 bridgehead atoms. The zero-order valence-electron chi connectivity index (χ0n) is 17.9. The third kappa shape index (κ3) is 3.91. The van der Waals surface area contributed by atoms with Crippen molar-refractivity contribution in [2.45, 2.75) is 12.5 Å². The second-order valence-electron chi connectivity index (χ2n) is 7.23. The summed E-state index contributed by atoms with van der Waals surface area (Å²) in [5.74, 6) is 1.58. The number of ether oxygens (including phenoxy) is 3. The molecule has 5 heterocycles. The van der Waals surface area contributed by atoms with Crippen molar-refractivity contribution in [2.24, 2.45) is 0 Å². The van der Waals surface area contributed by atoms with Gasteiger partial charge in [-0.05, 0) is 6.07 Å². The molecule has 12 nitrogen and oxygen atoms in total. The van der Waals surface area contributed by atoms with Gasteiger partial charge in [0.15, 0.2) is 5.65 Å². The van der Waals surface area contributed by atoms with Crippen molar-refractivity contribution >= 4 is 16.9 Å². The maximum atomic E-state index is 8.91. The second kappa shape index (κ2) is 8.54. The normalized spacial score (nSPS) is 15.4. The summed E-state index contributed by atoms with van der Waals surface area (Å²) in [6.07, 6.45) is 7.15. The van der Waals surface area contributed by atoms with Gasteiger partial charge < -0.3 is 19.1 Å². The van der Waals surface area contributed by atoms with Crippen LogP contribution < -0.4 is 19.1 Å². The molecule has 1 saturated heterocycles. The summed E-state index contributed by atoms with van der Waals surface area (Å²) in [6.45, 7) is 1.39. The molecule has 33 heavy (non-hydrogen) atoms. The van der Waals surface area contributed by atoms with Crippen molar-refractivity contribution in [3.05, 3.63) is 42.6 Å². The fourth-order valence-electron chi connectivity index (χ4n) is 3.66.